The summed E-state index contributed by atoms with van der Waals surface area (Å²) in [4.78, 5) is 12.0. The van der Waals surface area contributed by atoms with Crippen LogP contribution < -0.4 is 10.6 Å². The molecule has 2 N–H and O–H groups in total. The Hall–Kier alpha value is -1.42. The fourth-order valence-electron chi connectivity index (χ4n) is 1.37. The van der Waals surface area contributed by atoms with Crippen LogP contribution in [0.1, 0.15) is 0 Å². The molecule has 1 aromatic carbocycles. The Morgan fingerprint density at radius 1 is 1.36 bits per heavy atom. The van der Waals surface area contributed by atoms with E-state index < -0.39 is 0 Å². The Balaban J connectivity index is 2.11. The monoisotopic (exact) mass is 206 g/mol. The molecule has 0 amide bonds. The van der Waals surface area contributed by atoms with Gasteiger partial charge in [0.25, 0.3) is 0 Å². The fourth-order valence-corrected chi connectivity index (χ4v) is 1.63. The van der Waals surface area contributed by atoms with Gasteiger partial charge in [-0.05, 0) is 12.1 Å². The molecule has 1 heterocycles. The Morgan fingerprint density at radius 3 is 2.64 bits per heavy atom. The number of para-hydroxylation sites is 1. The highest BCUT2D eigenvalue weighted by Gasteiger charge is 2.28. The van der Waals surface area contributed by atoms with Crippen molar-refractivity contribution < 1.29 is 4.79 Å². The number of rotatable bonds is 2. The molecule has 14 heavy (non-hydrogen) atoms. The number of hydrogen-bond acceptors (Lipinski definition) is 3. The second kappa shape index (κ2) is 3.75. The summed E-state index contributed by atoms with van der Waals surface area (Å²) < 4.78 is 0. The number of carbonyl (C=O) groups is 1. The van der Waals surface area contributed by atoms with Crippen molar-refractivity contribution in [3.05, 3.63) is 30.3 Å². The zero-order valence-electron chi connectivity index (χ0n) is 7.49. The SMILES string of the molecule is O=C1CNC(=S)C1Nc1ccccc1. The normalized spacial score (nSPS) is 20.7. The van der Waals surface area contributed by atoms with Crippen molar-refractivity contribution in [2.45, 2.75) is 6.04 Å². The first-order valence-electron chi connectivity index (χ1n) is 4.39. The second-order valence-corrected chi connectivity index (χ2v) is 3.57. The van der Waals surface area contributed by atoms with Crippen molar-refractivity contribution in [1.82, 2.24) is 5.32 Å². The van der Waals surface area contributed by atoms with E-state index in [4.69, 9.17) is 12.2 Å². The first kappa shape index (κ1) is 9.15. The van der Waals surface area contributed by atoms with Gasteiger partial charge < -0.3 is 10.6 Å². The van der Waals surface area contributed by atoms with Gasteiger partial charge in [-0.1, -0.05) is 30.4 Å². The van der Waals surface area contributed by atoms with E-state index in [9.17, 15) is 4.79 Å². The lowest BCUT2D eigenvalue weighted by molar-refractivity contribution is -0.116. The van der Waals surface area contributed by atoms with E-state index in [0.717, 1.165) is 5.69 Å². The lowest BCUT2D eigenvalue weighted by Gasteiger charge is -2.11. The molecular formula is C10H10N2OS. The molecule has 0 bridgehead atoms. The smallest absolute Gasteiger partial charge is 0.180 e. The summed E-state index contributed by atoms with van der Waals surface area (Å²) in [6, 6.07) is 9.23. The zero-order valence-corrected chi connectivity index (χ0v) is 8.30. The van der Waals surface area contributed by atoms with Crippen LogP contribution in [0.5, 0.6) is 0 Å². The molecule has 1 aromatic rings. The zero-order chi connectivity index (χ0) is 9.97. The predicted molar refractivity (Wildman–Crippen MR) is 59.5 cm³/mol. The van der Waals surface area contributed by atoms with Crippen LogP contribution in [0.3, 0.4) is 0 Å². The van der Waals surface area contributed by atoms with Crippen LogP contribution in [0.4, 0.5) is 5.69 Å². The van der Waals surface area contributed by atoms with Gasteiger partial charge in [0.15, 0.2) is 5.78 Å². The van der Waals surface area contributed by atoms with Crippen LogP contribution in [0.2, 0.25) is 0 Å². The molecule has 1 aliphatic heterocycles. The summed E-state index contributed by atoms with van der Waals surface area (Å²) in [6.45, 7) is 0.337. The maximum Gasteiger partial charge on any atom is 0.180 e. The van der Waals surface area contributed by atoms with Crippen molar-refractivity contribution in [3.8, 4) is 0 Å². The average Bonchev–Trinajstić information content (AvgIpc) is 2.51. The molecule has 0 radical (unpaired) electrons. The first-order chi connectivity index (χ1) is 6.77. The molecule has 0 spiro atoms. The average molecular weight is 206 g/mol. The maximum absolute atomic E-state index is 11.4. The summed E-state index contributed by atoms with van der Waals surface area (Å²) >= 11 is 5.02. The van der Waals surface area contributed by atoms with Crippen LogP contribution in [-0.2, 0) is 4.79 Å². The second-order valence-electron chi connectivity index (χ2n) is 3.13. The third kappa shape index (κ3) is 1.75. The number of anilines is 1. The minimum atomic E-state index is -0.354. The van der Waals surface area contributed by atoms with E-state index in [-0.39, 0.29) is 11.8 Å². The molecule has 1 atom stereocenters. The van der Waals surface area contributed by atoms with Gasteiger partial charge >= 0.3 is 0 Å². The standard InChI is InChI=1S/C10H10N2OS/c13-8-6-11-10(14)9(8)12-7-4-2-1-3-5-7/h1-5,9,12H,6H2,(H,11,14). The molecule has 1 saturated heterocycles. The van der Waals surface area contributed by atoms with E-state index in [2.05, 4.69) is 10.6 Å². The Labute approximate surface area is 87.5 Å². The molecule has 2 rings (SSSR count). The summed E-state index contributed by atoms with van der Waals surface area (Å²) in [5, 5.41) is 5.95. The van der Waals surface area contributed by atoms with Gasteiger partial charge in [-0.25, -0.2) is 0 Å². The van der Waals surface area contributed by atoms with E-state index >= 15 is 0 Å². The lowest BCUT2D eigenvalue weighted by Crippen LogP contribution is -2.31. The number of hydrogen-bond donors (Lipinski definition) is 2. The molecule has 0 saturated carbocycles. The molecule has 0 aromatic heterocycles. The Bertz CT molecular complexity index is 348. The highest BCUT2D eigenvalue weighted by atomic mass is 32.1. The molecule has 4 heteroatoms. The van der Waals surface area contributed by atoms with E-state index in [0.29, 0.717) is 11.5 Å². The number of benzene rings is 1. The van der Waals surface area contributed by atoms with Crippen LogP contribution >= 0.6 is 12.2 Å². The fraction of sp³-hybridized carbons (Fsp3) is 0.200. The van der Waals surface area contributed by atoms with Gasteiger partial charge in [0.2, 0.25) is 0 Å². The minimum Gasteiger partial charge on any atom is -0.370 e. The third-order valence-corrected chi connectivity index (χ3v) is 2.49. The molecule has 3 nitrogen and oxygen atoms in total. The van der Waals surface area contributed by atoms with Crippen LogP contribution in [0.15, 0.2) is 30.3 Å². The van der Waals surface area contributed by atoms with Crippen molar-refractivity contribution in [3.63, 3.8) is 0 Å². The number of thiocarbonyl (C=S) groups is 1. The number of ketones is 1. The number of carbonyl (C=O) groups excluding carboxylic acids is 1. The van der Waals surface area contributed by atoms with Crippen LogP contribution in [-0.4, -0.2) is 23.4 Å². The lowest BCUT2D eigenvalue weighted by atomic mass is 10.2. The van der Waals surface area contributed by atoms with Gasteiger partial charge in [0.05, 0.1) is 6.54 Å². The summed E-state index contributed by atoms with van der Waals surface area (Å²) in [7, 11) is 0. The van der Waals surface area contributed by atoms with Crippen LogP contribution in [0.25, 0.3) is 0 Å². The van der Waals surface area contributed by atoms with E-state index in [1.165, 1.54) is 0 Å². The molecule has 72 valence electrons. The highest BCUT2D eigenvalue weighted by molar-refractivity contribution is 7.80. The van der Waals surface area contributed by atoms with Crippen molar-refractivity contribution in [2.75, 3.05) is 11.9 Å². The highest BCUT2D eigenvalue weighted by Crippen LogP contribution is 2.10. The summed E-state index contributed by atoms with van der Waals surface area (Å²) in [6.07, 6.45) is 0. The number of nitrogens with one attached hydrogen (secondary N) is 2. The summed E-state index contributed by atoms with van der Waals surface area (Å²) in [5.74, 6) is 0.0962. The van der Waals surface area contributed by atoms with Gasteiger partial charge in [-0.3, -0.25) is 4.79 Å². The Morgan fingerprint density at radius 2 is 2.07 bits per heavy atom. The van der Waals surface area contributed by atoms with E-state index in [1.54, 1.807) is 0 Å². The molecule has 1 aliphatic rings. The predicted octanol–water partition coefficient (Wildman–Crippen LogP) is 0.967. The third-order valence-electron chi connectivity index (χ3n) is 2.11. The molecule has 1 fully saturated rings. The van der Waals surface area contributed by atoms with Crippen molar-refractivity contribution in [2.24, 2.45) is 0 Å². The maximum atomic E-state index is 11.4. The first-order valence-corrected chi connectivity index (χ1v) is 4.80. The van der Waals surface area contributed by atoms with Crippen LogP contribution in [0, 0.1) is 0 Å². The van der Waals surface area contributed by atoms with Gasteiger partial charge in [-0.2, -0.15) is 0 Å². The van der Waals surface area contributed by atoms with Crippen molar-refractivity contribution >= 4 is 28.7 Å². The quantitative estimate of drug-likeness (QED) is 0.707. The molecular weight excluding hydrogens is 196 g/mol. The topological polar surface area (TPSA) is 41.1 Å². The number of Topliss-reactive ketones (excluding diaryl/α,β-unsaturated/α-hetero) is 1. The van der Waals surface area contributed by atoms with Gasteiger partial charge in [-0.15, -0.1) is 0 Å². The minimum absolute atomic E-state index is 0.0962. The van der Waals surface area contributed by atoms with Gasteiger partial charge in [0.1, 0.15) is 11.0 Å². The molecule has 0 aliphatic carbocycles. The van der Waals surface area contributed by atoms with E-state index in [1.807, 2.05) is 30.3 Å². The molecule has 1 unspecified atom stereocenters. The van der Waals surface area contributed by atoms with Crippen molar-refractivity contribution in [1.29, 1.82) is 0 Å². The largest absolute Gasteiger partial charge is 0.370 e. The summed E-state index contributed by atoms with van der Waals surface area (Å²) in [5.41, 5.74) is 0.914. The Kier molecular flexibility index (Phi) is 2.45. The van der Waals surface area contributed by atoms with Gasteiger partial charge in [0, 0.05) is 5.69 Å².